The maximum atomic E-state index is 5.38. The molecule has 6 heteroatoms. The van der Waals surface area contributed by atoms with Gasteiger partial charge in [-0.3, -0.25) is 4.57 Å². The second-order valence-corrected chi connectivity index (χ2v) is 3.18. The van der Waals surface area contributed by atoms with Crippen LogP contribution in [0.4, 0.5) is 5.82 Å². The van der Waals surface area contributed by atoms with E-state index in [0.29, 0.717) is 11.6 Å². The highest BCUT2D eigenvalue weighted by atomic mass is 15.3. The van der Waals surface area contributed by atoms with Crippen molar-refractivity contribution in [3.05, 3.63) is 30.1 Å². The fraction of sp³-hybridized carbons (Fsp3) is 0.222. The normalized spacial score (nSPS) is 10.3. The predicted octanol–water partition coefficient (Wildman–Crippen LogP) is 0.565. The third kappa shape index (κ3) is 1.66. The molecule has 2 rings (SSSR count). The molecule has 0 unspecified atom stereocenters. The molecule has 2 aromatic rings. The SMILES string of the molecule is Cc1nc(NN)c(C)c(-n2ccnc2)n1. The van der Waals surface area contributed by atoms with Gasteiger partial charge in [-0.05, 0) is 13.8 Å². The van der Waals surface area contributed by atoms with E-state index in [0.717, 1.165) is 11.4 Å². The third-order valence-electron chi connectivity index (χ3n) is 2.12. The summed E-state index contributed by atoms with van der Waals surface area (Å²) in [6.45, 7) is 3.73. The van der Waals surface area contributed by atoms with Gasteiger partial charge in [0.25, 0.3) is 0 Å². The molecule has 0 saturated heterocycles. The summed E-state index contributed by atoms with van der Waals surface area (Å²) in [4.78, 5) is 12.5. The van der Waals surface area contributed by atoms with Crippen LogP contribution in [0.1, 0.15) is 11.4 Å². The van der Waals surface area contributed by atoms with Gasteiger partial charge in [0, 0.05) is 18.0 Å². The number of hydrogen-bond acceptors (Lipinski definition) is 5. The van der Waals surface area contributed by atoms with Gasteiger partial charge in [-0.25, -0.2) is 20.8 Å². The summed E-state index contributed by atoms with van der Waals surface area (Å²) in [5.41, 5.74) is 3.44. The first-order valence-electron chi connectivity index (χ1n) is 4.52. The molecule has 0 aliphatic rings. The van der Waals surface area contributed by atoms with Crippen LogP contribution in [0.25, 0.3) is 5.82 Å². The lowest BCUT2D eigenvalue weighted by molar-refractivity contribution is 0.917. The summed E-state index contributed by atoms with van der Waals surface area (Å²) >= 11 is 0. The number of anilines is 1. The van der Waals surface area contributed by atoms with Gasteiger partial charge >= 0.3 is 0 Å². The standard InChI is InChI=1S/C9H12N6/c1-6-8(14-10)12-7(2)13-9(6)15-4-3-11-5-15/h3-5H,10H2,1-2H3,(H,12,13,14). The summed E-state index contributed by atoms with van der Waals surface area (Å²) in [6, 6.07) is 0. The van der Waals surface area contributed by atoms with Crippen LogP contribution in [0.5, 0.6) is 0 Å². The molecular weight excluding hydrogens is 192 g/mol. The van der Waals surface area contributed by atoms with E-state index in [1.165, 1.54) is 0 Å². The van der Waals surface area contributed by atoms with Crippen LogP contribution in [-0.2, 0) is 0 Å². The summed E-state index contributed by atoms with van der Waals surface area (Å²) < 4.78 is 1.82. The molecule has 0 atom stereocenters. The van der Waals surface area contributed by atoms with E-state index < -0.39 is 0 Å². The Morgan fingerprint density at radius 3 is 2.73 bits per heavy atom. The van der Waals surface area contributed by atoms with Crippen LogP contribution in [-0.4, -0.2) is 19.5 Å². The zero-order chi connectivity index (χ0) is 10.8. The Morgan fingerprint density at radius 1 is 1.33 bits per heavy atom. The Bertz CT molecular complexity index is 462. The molecule has 0 bridgehead atoms. The van der Waals surface area contributed by atoms with Crippen molar-refractivity contribution in [1.29, 1.82) is 0 Å². The van der Waals surface area contributed by atoms with E-state index in [9.17, 15) is 0 Å². The Hall–Kier alpha value is -1.95. The zero-order valence-electron chi connectivity index (χ0n) is 8.60. The van der Waals surface area contributed by atoms with Crippen LogP contribution in [0.3, 0.4) is 0 Å². The summed E-state index contributed by atoms with van der Waals surface area (Å²) in [5, 5.41) is 0. The molecular formula is C9H12N6. The topological polar surface area (TPSA) is 81.6 Å². The highest BCUT2D eigenvalue weighted by molar-refractivity contribution is 5.50. The Morgan fingerprint density at radius 2 is 2.13 bits per heavy atom. The molecule has 2 heterocycles. The highest BCUT2D eigenvalue weighted by Crippen LogP contribution is 2.17. The Labute approximate surface area is 87.2 Å². The molecule has 0 aromatic carbocycles. The molecule has 0 saturated carbocycles. The number of nitrogens with one attached hydrogen (secondary N) is 1. The minimum absolute atomic E-state index is 0.631. The molecule has 2 aromatic heterocycles. The van der Waals surface area contributed by atoms with Crippen molar-refractivity contribution in [3.8, 4) is 5.82 Å². The molecule has 0 fully saturated rings. The molecule has 78 valence electrons. The van der Waals surface area contributed by atoms with Crippen LogP contribution in [0.2, 0.25) is 0 Å². The molecule has 3 N–H and O–H groups in total. The smallest absolute Gasteiger partial charge is 0.148 e. The quantitative estimate of drug-likeness (QED) is 0.552. The molecule has 0 radical (unpaired) electrons. The number of imidazole rings is 1. The molecule has 0 amide bonds. The number of nitrogen functional groups attached to an aromatic ring is 1. The van der Waals surface area contributed by atoms with Crippen molar-refractivity contribution < 1.29 is 0 Å². The van der Waals surface area contributed by atoms with Crippen LogP contribution >= 0.6 is 0 Å². The molecule has 0 aliphatic heterocycles. The highest BCUT2D eigenvalue weighted by Gasteiger charge is 2.09. The van der Waals surface area contributed by atoms with Crippen LogP contribution in [0.15, 0.2) is 18.7 Å². The van der Waals surface area contributed by atoms with E-state index in [1.54, 1.807) is 12.5 Å². The Kier molecular flexibility index (Phi) is 2.34. The van der Waals surface area contributed by atoms with E-state index in [4.69, 9.17) is 5.84 Å². The Balaban J connectivity index is 2.61. The first-order chi connectivity index (χ1) is 7.22. The number of rotatable bonds is 2. The first-order valence-corrected chi connectivity index (χ1v) is 4.52. The van der Waals surface area contributed by atoms with E-state index in [-0.39, 0.29) is 0 Å². The zero-order valence-corrected chi connectivity index (χ0v) is 8.60. The average Bonchev–Trinajstić information content (AvgIpc) is 2.74. The molecule has 6 nitrogen and oxygen atoms in total. The lowest BCUT2D eigenvalue weighted by atomic mass is 10.3. The third-order valence-corrected chi connectivity index (χ3v) is 2.12. The van der Waals surface area contributed by atoms with Gasteiger partial charge in [0.05, 0.1) is 0 Å². The maximum absolute atomic E-state index is 5.38. The van der Waals surface area contributed by atoms with Gasteiger partial charge in [0.15, 0.2) is 0 Å². The van der Waals surface area contributed by atoms with Crippen molar-refractivity contribution in [2.45, 2.75) is 13.8 Å². The van der Waals surface area contributed by atoms with E-state index in [2.05, 4.69) is 20.4 Å². The molecule has 15 heavy (non-hydrogen) atoms. The van der Waals surface area contributed by atoms with Gasteiger partial charge < -0.3 is 5.43 Å². The first kappa shape index (κ1) is 9.60. The number of hydrazine groups is 1. The fourth-order valence-corrected chi connectivity index (χ4v) is 1.39. The minimum Gasteiger partial charge on any atom is -0.308 e. The predicted molar refractivity (Wildman–Crippen MR) is 56.4 cm³/mol. The van der Waals surface area contributed by atoms with E-state index >= 15 is 0 Å². The largest absolute Gasteiger partial charge is 0.308 e. The second-order valence-electron chi connectivity index (χ2n) is 3.18. The summed E-state index contributed by atoms with van der Waals surface area (Å²) in [5.74, 6) is 7.46. The lowest BCUT2D eigenvalue weighted by Crippen LogP contribution is -2.13. The number of nitrogens with two attached hydrogens (primary N) is 1. The van der Waals surface area contributed by atoms with Gasteiger partial charge in [-0.2, -0.15) is 0 Å². The van der Waals surface area contributed by atoms with Gasteiger partial charge in [0.2, 0.25) is 0 Å². The second kappa shape index (κ2) is 3.66. The van der Waals surface area contributed by atoms with E-state index in [1.807, 2.05) is 24.6 Å². The van der Waals surface area contributed by atoms with Crippen LogP contribution in [0, 0.1) is 13.8 Å². The summed E-state index contributed by atoms with van der Waals surface area (Å²) in [6.07, 6.45) is 5.22. The van der Waals surface area contributed by atoms with Crippen molar-refractivity contribution in [2.24, 2.45) is 5.84 Å². The summed E-state index contributed by atoms with van der Waals surface area (Å²) in [7, 11) is 0. The van der Waals surface area contributed by atoms with Gasteiger partial charge in [-0.15, -0.1) is 0 Å². The molecule has 0 aliphatic carbocycles. The van der Waals surface area contributed by atoms with Crippen LogP contribution < -0.4 is 11.3 Å². The number of hydrogen-bond donors (Lipinski definition) is 2. The number of nitrogens with zero attached hydrogens (tertiary/aromatic N) is 4. The van der Waals surface area contributed by atoms with Crippen molar-refractivity contribution in [2.75, 3.05) is 5.43 Å². The monoisotopic (exact) mass is 204 g/mol. The minimum atomic E-state index is 0.631. The number of aromatic nitrogens is 4. The number of aryl methyl sites for hydroxylation is 1. The van der Waals surface area contributed by atoms with Gasteiger partial charge in [-0.1, -0.05) is 0 Å². The average molecular weight is 204 g/mol. The molecule has 0 spiro atoms. The maximum Gasteiger partial charge on any atom is 0.148 e. The van der Waals surface area contributed by atoms with Crippen molar-refractivity contribution >= 4 is 5.82 Å². The van der Waals surface area contributed by atoms with Crippen molar-refractivity contribution in [1.82, 2.24) is 19.5 Å². The lowest BCUT2D eigenvalue weighted by Gasteiger charge is -2.10. The fourth-order valence-electron chi connectivity index (χ4n) is 1.39. The van der Waals surface area contributed by atoms with Crippen molar-refractivity contribution in [3.63, 3.8) is 0 Å². The van der Waals surface area contributed by atoms with Gasteiger partial charge in [0.1, 0.15) is 23.8 Å².